The lowest BCUT2D eigenvalue weighted by molar-refractivity contribution is 1.29. The molecular weight excluding hydrogens is 379 g/mol. The van der Waals surface area contributed by atoms with Gasteiger partial charge in [-0.3, -0.25) is 0 Å². The highest BCUT2D eigenvalue weighted by Gasteiger charge is 2.20. The molecule has 3 aromatic carbocycles. The van der Waals surface area contributed by atoms with Gasteiger partial charge in [-0.25, -0.2) is 0 Å². The fourth-order valence-corrected chi connectivity index (χ4v) is 2.40. The van der Waals surface area contributed by atoms with E-state index in [9.17, 15) is 0 Å². The van der Waals surface area contributed by atoms with Crippen LogP contribution in [0.1, 0.15) is 5.56 Å². The summed E-state index contributed by atoms with van der Waals surface area (Å²) in [5, 5.41) is 0. The lowest BCUT2D eigenvalue weighted by atomic mass is 10.1. The predicted octanol–water partition coefficient (Wildman–Crippen LogP) is 7.02. The average Bonchev–Trinajstić information content (AvgIpc) is 2.57. The number of rotatable bonds is 2. The van der Waals surface area contributed by atoms with Gasteiger partial charge >= 0.3 is 0 Å². The average molecular weight is 394 g/mol. The monoisotopic (exact) mass is 392 g/mol. The van der Waals surface area contributed by atoms with Crippen LogP contribution in [0.15, 0.2) is 91.0 Å². The number of hydrogen-bond acceptors (Lipinski definition) is 0. The molecule has 0 unspecified atom stereocenters. The fourth-order valence-electron chi connectivity index (χ4n) is 1.89. The van der Waals surface area contributed by atoms with Crippen molar-refractivity contribution in [2.75, 3.05) is 0 Å². The smallest absolute Gasteiger partial charge is 0.0834 e. The summed E-state index contributed by atoms with van der Waals surface area (Å²) in [6, 6.07) is 30.2. The minimum Gasteiger partial charge on any atom is -0.0834 e. The summed E-state index contributed by atoms with van der Waals surface area (Å²) in [6.45, 7) is 0. The largest absolute Gasteiger partial charge is 0.197 e. The van der Waals surface area contributed by atoms with Crippen molar-refractivity contribution in [3.8, 4) is 11.1 Å². The molecule has 0 aliphatic rings. The molecule has 0 fully saturated rings. The van der Waals surface area contributed by atoms with Gasteiger partial charge in [0.2, 0.25) is 0 Å². The summed E-state index contributed by atoms with van der Waals surface area (Å²) >= 11 is 14.6. The summed E-state index contributed by atoms with van der Waals surface area (Å²) in [6.07, 6.45) is 0. The van der Waals surface area contributed by atoms with Gasteiger partial charge in [-0.15, -0.1) is 0 Å². The van der Waals surface area contributed by atoms with Gasteiger partial charge < -0.3 is 0 Å². The van der Waals surface area contributed by atoms with Crippen LogP contribution in [0.3, 0.4) is 0 Å². The van der Waals surface area contributed by atoms with E-state index in [0.29, 0.717) is 0 Å². The maximum absolute atomic E-state index is 5.74. The molecule has 0 atom stereocenters. The Morgan fingerprint density at radius 3 is 1.14 bits per heavy atom. The number of benzene rings is 3. The van der Waals surface area contributed by atoms with Gasteiger partial charge in [0, 0.05) is 0 Å². The van der Waals surface area contributed by atoms with Gasteiger partial charge in [0.1, 0.15) is 0 Å². The van der Waals surface area contributed by atoms with Crippen LogP contribution in [0, 0.1) is 0 Å². The Kier molecular flexibility index (Phi) is 6.50. The maximum Gasteiger partial charge on any atom is 0.197 e. The highest BCUT2D eigenvalue weighted by Crippen LogP contribution is 2.39. The molecule has 0 bridgehead atoms. The van der Waals surface area contributed by atoms with Crippen molar-refractivity contribution in [3.05, 3.63) is 96.6 Å². The van der Waals surface area contributed by atoms with Crippen LogP contribution in [0.25, 0.3) is 11.1 Å². The molecule has 0 amide bonds. The molecule has 0 spiro atoms. The highest BCUT2D eigenvalue weighted by molar-refractivity contribution is 9.10. The zero-order valence-corrected chi connectivity index (χ0v) is 14.9. The normalized spacial score (nSPS) is 10.5. The second-order valence-corrected chi connectivity index (χ2v) is 8.03. The van der Waals surface area contributed by atoms with E-state index in [4.69, 9.17) is 23.2 Å². The van der Waals surface area contributed by atoms with Gasteiger partial charge in [0.05, 0.1) is 0 Å². The first-order chi connectivity index (χ1) is 10.6. The molecule has 22 heavy (non-hydrogen) atoms. The molecule has 3 aromatic rings. The van der Waals surface area contributed by atoms with E-state index in [1.807, 2.05) is 42.5 Å². The Balaban J connectivity index is 0.000000164. The van der Waals surface area contributed by atoms with Crippen molar-refractivity contribution in [3.63, 3.8) is 0 Å². The molecule has 0 aliphatic carbocycles. The van der Waals surface area contributed by atoms with Crippen molar-refractivity contribution in [1.29, 1.82) is 0 Å². The van der Waals surface area contributed by atoms with E-state index in [1.165, 1.54) is 11.1 Å². The summed E-state index contributed by atoms with van der Waals surface area (Å²) in [5.41, 5.74) is 3.40. The van der Waals surface area contributed by atoms with Crippen molar-refractivity contribution in [1.82, 2.24) is 0 Å². The summed E-state index contributed by atoms with van der Waals surface area (Å²) in [7, 11) is 0. The van der Waals surface area contributed by atoms with Crippen molar-refractivity contribution in [2.45, 2.75) is 3.24 Å². The SMILES string of the molecule is ClC(Cl)(Br)c1ccccc1.c1ccc(-c2ccccc2)cc1. The quantitative estimate of drug-likeness (QED) is 0.410. The zero-order chi connectivity index (χ0) is 15.8. The van der Waals surface area contributed by atoms with Gasteiger partial charge in [-0.2, -0.15) is 0 Å². The summed E-state index contributed by atoms with van der Waals surface area (Å²) < 4.78 is -0.950. The third-order valence-corrected chi connectivity index (χ3v) is 3.88. The molecule has 0 heterocycles. The van der Waals surface area contributed by atoms with Crippen LogP contribution in [-0.2, 0) is 3.24 Å². The summed E-state index contributed by atoms with van der Waals surface area (Å²) in [4.78, 5) is 0. The minimum absolute atomic E-state index is 0.846. The third kappa shape index (κ3) is 5.49. The van der Waals surface area contributed by atoms with Gasteiger partial charge in [0.15, 0.2) is 3.24 Å². The van der Waals surface area contributed by atoms with Crippen LogP contribution < -0.4 is 0 Å². The lowest BCUT2D eigenvalue weighted by Gasteiger charge is -2.09. The Hall–Kier alpha value is -1.28. The minimum atomic E-state index is -0.950. The van der Waals surface area contributed by atoms with Gasteiger partial charge in [-0.05, 0) is 32.6 Å². The number of halogens is 3. The first-order valence-corrected chi connectivity index (χ1v) is 8.35. The fraction of sp³-hybridized carbons (Fsp3) is 0.0526. The van der Waals surface area contributed by atoms with Crippen molar-refractivity contribution < 1.29 is 0 Å². The molecular formula is C19H15BrCl2. The van der Waals surface area contributed by atoms with Crippen LogP contribution in [0.4, 0.5) is 0 Å². The Bertz CT molecular complexity index is 625. The van der Waals surface area contributed by atoms with Crippen LogP contribution in [-0.4, -0.2) is 0 Å². The molecule has 0 radical (unpaired) electrons. The first kappa shape index (κ1) is 17.1. The van der Waals surface area contributed by atoms with E-state index in [1.54, 1.807) is 0 Å². The van der Waals surface area contributed by atoms with E-state index in [2.05, 4.69) is 64.5 Å². The standard InChI is InChI=1S/C12H10.C7H5BrCl2/c1-3-7-11(8-4-1)12-9-5-2-6-10-12;8-7(9,10)6-4-2-1-3-5-6/h1-10H;1-5H. The lowest BCUT2D eigenvalue weighted by Crippen LogP contribution is -1.97. The van der Waals surface area contributed by atoms with E-state index in [-0.39, 0.29) is 0 Å². The second-order valence-electron chi connectivity index (χ2n) is 4.60. The van der Waals surface area contributed by atoms with Crippen LogP contribution >= 0.6 is 39.1 Å². The Morgan fingerprint density at radius 1 is 0.545 bits per heavy atom. The number of hydrogen-bond donors (Lipinski definition) is 0. The van der Waals surface area contributed by atoms with Crippen LogP contribution in [0.5, 0.6) is 0 Å². The second kappa shape index (κ2) is 8.38. The van der Waals surface area contributed by atoms with Gasteiger partial charge in [-0.1, -0.05) is 114 Å². The highest BCUT2D eigenvalue weighted by atomic mass is 79.9. The zero-order valence-electron chi connectivity index (χ0n) is 11.8. The molecule has 0 N–H and O–H groups in total. The predicted molar refractivity (Wildman–Crippen MR) is 101 cm³/mol. The summed E-state index contributed by atoms with van der Waals surface area (Å²) in [5.74, 6) is 0. The third-order valence-electron chi connectivity index (χ3n) is 2.98. The maximum atomic E-state index is 5.74. The van der Waals surface area contributed by atoms with E-state index >= 15 is 0 Å². The molecule has 0 aromatic heterocycles. The molecule has 0 aliphatic heterocycles. The molecule has 0 saturated heterocycles. The topological polar surface area (TPSA) is 0 Å². The van der Waals surface area contributed by atoms with E-state index < -0.39 is 3.24 Å². The molecule has 3 rings (SSSR count). The first-order valence-electron chi connectivity index (χ1n) is 6.80. The molecule has 3 heteroatoms. The molecule has 0 nitrogen and oxygen atoms in total. The van der Waals surface area contributed by atoms with Crippen molar-refractivity contribution in [2.24, 2.45) is 0 Å². The molecule has 112 valence electrons. The Morgan fingerprint density at radius 2 is 0.864 bits per heavy atom. The van der Waals surface area contributed by atoms with E-state index in [0.717, 1.165) is 5.56 Å². The van der Waals surface area contributed by atoms with Crippen LogP contribution in [0.2, 0.25) is 0 Å². The van der Waals surface area contributed by atoms with Gasteiger partial charge in [0.25, 0.3) is 0 Å². The van der Waals surface area contributed by atoms with Crippen molar-refractivity contribution >= 4 is 39.1 Å². The molecule has 0 saturated carbocycles. The number of alkyl halides is 3. The Labute approximate surface area is 149 Å².